The lowest BCUT2D eigenvalue weighted by molar-refractivity contribution is -0.385. The van der Waals surface area contributed by atoms with E-state index in [1.807, 2.05) is 0 Å². The average Bonchev–Trinajstić information content (AvgIpc) is 2.52. The first-order valence-corrected chi connectivity index (χ1v) is 7.07. The van der Waals surface area contributed by atoms with Crippen molar-refractivity contribution in [1.29, 1.82) is 0 Å². The van der Waals surface area contributed by atoms with Crippen molar-refractivity contribution in [3.63, 3.8) is 0 Å². The van der Waals surface area contributed by atoms with Gasteiger partial charge in [-0.05, 0) is 43.3 Å². The number of benzene rings is 2. The van der Waals surface area contributed by atoms with E-state index in [4.69, 9.17) is 14.2 Å². The Morgan fingerprint density at radius 2 is 1.87 bits per heavy atom. The molecule has 0 amide bonds. The third kappa shape index (κ3) is 3.25. The van der Waals surface area contributed by atoms with Gasteiger partial charge in [-0.25, -0.2) is 0 Å². The minimum absolute atomic E-state index is 0.0167. The quantitative estimate of drug-likeness (QED) is 0.668. The van der Waals surface area contributed by atoms with Gasteiger partial charge in [0, 0.05) is 17.3 Å². The maximum atomic E-state index is 11.2. The van der Waals surface area contributed by atoms with Crippen LogP contribution < -0.4 is 10.1 Å². The average molecular weight is 316 g/mol. The van der Waals surface area contributed by atoms with Crippen molar-refractivity contribution < 1.29 is 19.1 Å². The molecule has 3 rings (SSSR count). The molecule has 7 nitrogen and oxygen atoms in total. The third-order valence-corrected chi connectivity index (χ3v) is 3.49. The fourth-order valence-electron chi connectivity index (χ4n) is 2.30. The van der Waals surface area contributed by atoms with Crippen molar-refractivity contribution in [3.8, 4) is 5.75 Å². The number of nitro benzene ring substituents is 1. The molecular weight excluding hydrogens is 300 g/mol. The van der Waals surface area contributed by atoms with Gasteiger partial charge in [0.2, 0.25) is 0 Å². The molecular formula is C16H16N2O5. The van der Waals surface area contributed by atoms with Crippen LogP contribution in [0, 0.1) is 10.1 Å². The van der Waals surface area contributed by atoms with Gasteiger partial charge in [-0.2, -0.15) is 0 Å². The fourth-order valence-corrected chi connectivity index (χ4v) is 2.30. The molecule has 0 spiro atoms. The Bertz CT molecular complexity index is 711. The molecule has 1 fully saturated rings. The third-order valence-electron chi connectivity index (χ3n) is 3.49. The Morgan fingerprint density at radius 1 is 1.17 bits per heavy atom. The molecule has 1 aliphatic rings. The molecule has 0 aromatic heterocycles. The topological polar surface area (TPSA) is 82.9 Å². The van der Waals surface area contributed by atoms with E-state index in [9.17, 15) is 10.1 Å². The summed E-state index contributed by atoms with van der Waals surface area (Å²) >= 11 is 0. The molecule has 1 aliphatic heterocycles. The first-order chi connectivity index (χ1) is 11.1. The van der Waals surface area contributed by atoms with Crippen LogP contribution in [0.15, 0.2) is 42.5 Å². The van der Waals surface area contributed by atoms with Crippen molar-refractivity contribution in [2.24, 2.45) is 0 Å². The normalized spacial score (nSPS) is 19.7. The van der Waals surface area contributed by atoms with Crippen LogP contribution in [-0.4, -0.2) is 18.3 Å². The van der Waals surface area contributed by atoms with Gasteiger partial charge in [0.1, 0.15) is 11.4 Å². The van der Waals surface area contributed by atoms with Crippen LogP contribution in [0.25, 0.3) is 0 Å². The van der Waals surface area contributed by atoms with E-state index in [2.05, 4.69) is 5.32 Å². The van der Waals surface area contributed by atoms with E-state index in [-0.39, 0.29) is 12.0 Å². The monoisotopic (exact) mass is 316 g/mol. The van der Waals surface area contributed by atoms with Crippen LogP contribution in [0.5, 0.6) is 5.75 Å². The van der Waals surface area contributed by atoms with Gasteiger partial charge >= 0.3 is 0 Å². The summed E-state index contributed by atoms with van der Waals surface area (Å²) in [7, 11) is 1.58. The zero-order chi connectivity index (χ0) is 16.4. The summed E-state index contributed by atoms with van der Waals surface area (Å²) < 4.78 is 15.9. The number of hydrogen-bond donors (Lipinski definition) is 1. The number of nitro groups is 1. The highest BCUT2D eigenvalue weighted by molar-refractivity contribution is 5.70. The predicted octanol–water partition coefficient (Wildman–Crippen LogP) is 3.74. The minimum atomic E-state index is -0.484. The summed E-state index contributed by atoms with van der Waals surface area (Å²) in [6.07, 6.45) is -0.740. The number of ether oxygens (including phenoxy) is 3. The van der Waals surface area contributed by atoms with Crippen LogP contribution in [0.4, 0.5) is 17.1 Å². The van der Waals surface area contributed by atoms with Crippen molar-refractivity contribution in [3.05, 3.63) is 58.1 Å². The molecule has 0 radical (unpaired) electrons. The maximum absolute atomic E-state index is 11.2. The van der Waals surface area contributed by atoms with Gasteiger partial charge in [-0.1, -0.05) is 0 Å². The summed E-state index contributed by atoms with van der Waals surface area (Å²) in [5.41, 5.74) is 1.81. The Hall–Kier alpha value is -2.64. The number of rotatable bonds is 5. The van der Waals surface area contributed by atoms with Crippen molar-refractivity contribution >= 4 is 17.1 Å². The number of nitrogens with one attached hydrogen (secondary N) is 1. The smallest absolute Gasteiger partial charge is 0.292 e. The molecule has 0 bridgehead atoms. The number of methoxy groups -OCH3 is 1. The molecule has 2 aromatic rings. The van der Waals surface area contributed by atoms with Crippen LogP contribution in [0.1, 0.15) is 18.8 Å². The van der Waals surface area contributed by atoms with Gasteiger partial charge in [-0.3, -0.25) is 10.1 Å². The van der Waals surface area contributed by atoms with Crippen molar-refractivity contribution in [1.82, 2.24) is 0 Å². The molecule has 1 heterocycles. The van der Waals surface area contributed by atoms with Gasteiger partial charge < -0.3 is 19.5 Å². The lowest BCUT2D eigenvalue weighted by Gasteiger charge is -2.34. The van der Waals surface area contributed by atoms with Gasteiger partial charge in [0.25, 0.3) is 5.69 Å². The highest BCUT2D eigenvalue weighted by Gasteiger charge is 2.29. The van der Waals surface area contributed by atoms with Crippen LogP contribution in [0.2, 0.25) is 0 Å². The van der Waals surface area contributed by atoms with Crippen LogP contribution >= 0.6 is 0 Å². The van der Waals surface area contributed by atoms with Crippen LogP contribution in [0.3, 0.4) is 0 Å². The summed E-state index contributed by atoms with van der Waals surface area (Å²) in [6, 6.07) is 11.9. The molecule has 120 valence electrons. The van der Waals surface area contributed by atoms with Gasteiger partial charge in [-0.15, -0.1) is 0 Å². The van der Waals surface area contributed by atoms with E-state index in [0.717, 1.165) is 11.3 Å². The number of hydrogen-bond acceptors (Lipinski definition) is 6. The Labute approximate surface area is 132 Å². The fraction of sp³-hybridized carbons (Fsp3) is 0.250. The standard InChI is InChI=1S/C16H16N2O5/c1-10-22-16(23-10)11-3-8-15(18(19)20)14(9-11)17-12-4-6-13(21-2)7-5-12/h3-10,16-17H,1-2H3. The molecule has 0 saturated carbocycles. The van der Waals surface area contributed by atoms with Crippen LogP contribution in [-0.2, 0) is 9.47 Å². The number of anilines is 2. The Morgan fingerprint density at radius 3 is 2.43 bits per heavy atom. The number of nitrogens with zero attached hydrogens (tertiary/aromatic N) is 1. The van der Waals surface area contributed by atoms with E-state index >= 15 is 0 Å². The second kappa shape index (κ2) is 6.23. The molecule has 0 atom stereocenters. The van der Waals surface area contributed by atoms with E-state index in [1.165, 1.54) is 6.07 Å². The highest BCUT2D eigenvalue weighted by Crippen LogP contribution is 2.36. The zero-order valence-corrected chi connectivity index (χ0v) is 12.7. The first kappa shape index (κ1) is 15.3. The summed E-state index contributed by atoms with van der Waals surface area (Å²) in [6.45, 7) is 1.79. The molecule has 1 N–H and O–H groups in total. The second-order valence-corrected chi connectivity index (χ2v) is 5.06. The molecule has 2 aromatic carbocycles. The molecule has 0 aliphatic carbocycles. The lowest BCUT2D eigenvalue weighted by atomic mass is 10.1. The summed E-state index contributed by atoms with van der Waals surface area (Å²) in [5.74, 6) is 0.712. The van der Waals surface area contributed by atoms with Gasteiger partial charge in [0.05, 0.1) is 12.0 Å². The zero-order valence-electron chi connectivity index (χ0n) is 12.7. The van der Waals surface area contributed by atoms with E-state index < -0.39 is 11.2 Å². The molecule has 7 heteroatoms. The maximum Gasteiger partial charge on any atom is 0.292 e. The van der Waals surface area contributed by atoms with Gasteiger partial charge in [0.15, 0.2) is 12.6 Å². The first-order valence-electron chi connectivity index (χ1n) is 7.07. The SMILES string of the molecule is COc1ccc(Nc2cc(C3OC(C)O3)ccc2[N+](=O)[O-])cc1. The van der Waals surface area contributed by atoms with E-state index in [1.54, 1.807) is 50.4 Å². The lowest BCUT2D eigenvalue weighted by Crippen LogP contribution is -2.31. The molecule has 0 unspecified atom stereocenters. The Balaban J connectivity index is 1.87. The molecule has 1 saturated heterocycles. The highest BCUT2D eigenvalue weighted by atomic mass is 16.9. The second-order valence-electron chi connectivity index (χ2n) is 5.06. The molecule has 23 heavy (non-hydrogen) atoms. The van der Waals surface area contributed by atoms with Crippen molar-refractivity contribution in [2.45, 2.75) is 19.5 Å². The summed E-state index contributed by atoms with van der Waals surface area (Å²) in [5, 5.41) is 14.3. The minimum Gasteiger partial charge on any atom is -0.497 e. The van der Waals surface area contributed by atoms with E-state index in [0.29, 0.717) is 11.4 Å². The predicted molar refractivity (Wildman–Crippen MR) is 83.7 cm³/mol. The summed E-state index contributed by atoms with van der Waals surface area (Å²) in [4.78, 5) is 10.8. The van der Waals surface area contributed by atoms with Crippen molar-refractivity contribution in [2.75, 3.05) is 12.4 Å². The Kier molecular flexibility index (Phi) is 4.14. The largest absolute Gasteiger partial charge is 0.497 e.